The monoisotopic (exact) mass is 637 g/mol. The molecular weight excluding hydrogens is 601 g/mol. The van der Waals surface area contributed by atoms with E-state index in [1.54, 1.807) is 0 Å². The van der Waals surface area contributed by atoms with Crippen molar-refractivity contribution in [3.8, 4) is 0 Å². The number of Topliss-reactive ketones (excluding diaryl/α,β-unsaturated/α-hetero) is 1. The predicted molar refractivity (Wildman–Crippen MR) is 154 cm³/mol. The van der Waals surface area contributed by atoms with E-state index in [0.29, 0.717) is 43.6 Å². The molecule has 1 amide bonds. The van der Waals surface area contributed by atoms with Gasteiger partial charge in [-0.05, 0) is 66.7 Å². The quantitative estimate of drug-likeness (QED) is 0.302. The van der Waals surface area contributed by atoms with Gasteiger partial charge in [0.1, 0.15) is 0 Å². The van der Waals surface area contributed by atoms with Gasteiger partial charge in [0.25, 0.3) is 0 Å². The Balaban J connectivity index is 0.00000195. The summed E-state index contributed by atoms with van der Waals surface area (Å²) in [5.74, 6) is 1.23. The molecule has 0 radical (unpaired) electrons. The van der Waals surface area contributed by atoms with Crippen molar-refractivity contribution >= 4 is 53.3 Å². The molecule has 1 fully saturated rings. The Labute approximate surface area is 248 Å². The van der Waals surface area contributed by atoms with Crippen LogP contribution in [0, 0.1) is 0 Å². The third-order valence-electron chi connectivity index (χ3n) is 7.50. The first-order valence-electron chi connectivity index (χ1n) is 13.3. The second-order valence-electron chi connectivity index (χ2n) is 9.73. The van der Waals surface area contributed by atoms with Crippen LogP contribution in [0.25, 0.3) is 21.7 Å². The molecule has 0 N–H and O–H groups in total. The summed E-state index contributed by atoms with van der Waals surface area (Å²) < 4.78 is 8.22. The number of carbonyl (C=O) groups is 2. The van der Waals surface area contributed by atoms with Crippen LogP contribution >= 0.6 is 0 Å². The Bertz CT molecular complexity index is 1130. The molecule has 4 rings (SSSR count). The first-order valence-corrected chi connectivity index (χ1v) is 15.2. The molecule has 0 spiro atoms. The molecule has 0 unspecified atom stereocenters. The maximum absolute atomic E-state index is 13.3. The minimum absolute atomic E-state index is 0.111. The van der Waals surface area contributed by atoms with E-state index < -0.39 is 0 Å². The first-order chi connectivity index (χ1) is 18.5. The molecule has 2 heterocycles. The fourth-order valence-electron chi connectivity index (χ4n) is 5.83. The van der Waals surface area contributed by atoms with Gasteiger partial charge in [0.15, 0.2) is 5.78 Å². The molecule has 204 valence electrons. The number of carbonyl (C=O) groups excluding carboxylic acids is 2. The van der Waals surface area contributed by atoms with Gasteiger partial charge in [-0.2, -0.15) is 18.1 Å². The molecular formula is C29H36N3O3S2Tc. The van der Waals surface area contributed by atoms with Crippen LogP contribution in [-0.2, 0) is 57.2 Å². The number of amides is 1. The van der Waals surface area contributed by atoms with Crippen molar-refractivity contribution in [2.24, 2.45) is 0 Å². The SMILES string of the molecule is CCC(=O)C1=C(c2ccc3ccccc3c2)C[C@@H]2CC[C@H]1N2CCCN(CC[S-])CC(=O)[N-]CC[S-].[O]=[99Tc+3]. The van der Waals surface area contributed by atoms with Crippen LogP contribution in [0.5, 0.6) is 0 Å². The summed E-state index contributed by atoms with van der Waals surface area (Å²) in [5, 5.41) is 6.46. The van der Waals surface area contributed by atoms with Gasteiger partial charge in [-0.3, -0.25) is 14.6 Å². The van der Waals surface area contributed by atoms with Gasteiger partial charge < -0.3 is 35.4 Å². The summed E-state index contributed by atoms with van der Waals surface area (Å²) >= 11 is 11.0. The number of benzene rings is 2. The van der Waals surface area contributed by atoms with Gasteiger partial charge in [0, 0.05) is 37.2 Å². The van der Waals surface area contributed by atoms with Crippen LogP contribution in [0.4, 0.5) is 0 Å². The third-order valence-corrected chi connectivity index (χ3v) is 7.86. The fraction of sp³-hybridized carbons (Fsp3) is 0.517. The average molecular weight is 638 g/mol. The Kier molecular flexibility index (Phi) is 13.2. The van der Waals surface area contributed by atoms with Gasteiger partial charge in [-0.15, -0.1) is 0 Å². The van der Waals surface area contributed by atoms with Crippen molar-refractivity contribution in [2.45, 2.75) is 51.1 Å². The van der Waals surface area contributed by atoms with Crippen molar-refractivity contribution in [1.29, 1.82) is 0 Å². The Morgan fingerprint density at radius 1 is 1.05 bits per heavy atom. The van der Waals surface area contributed by atoms with E-state index in [4.69, 9.17) is 28.8 Å². The molecule has 0 saturated carbocycles. The number of ketones is 1. The van der Waals surface area contributed by atoms with Crippen molar-refractivity contribution in [1.82, 2.24) is 9.80 Å². The number of hydrogen-bond donors (Lipinski definition) is 0. The number of hydrogen-bond acceptors (Lipinski definition) is 7. The van der Waals surface area contributed by atoms with Gasteiger partial charge in [-0.25, -0.2) is 0 Å². The summed E-state index contributed by atoms with van der Waals surface area (Å²) in [7, 11) is 0. The number of fused-ring (bicyclic) bond motifs is 3. The van der Waals surface area contributed by atoms with Crippen LogP contribution in [0.1, 0.15) is 44.6 Å². The van der Waals surface area contributed by atoms with E-state index in [9.17, 15) is 9.59 Å². The fourth-order valence-corrected chi connectivity index (χ4v) is 6.18. The molecule has 2 aromatic carbocycles. The van der Waals surface area contributed by atoms with Gasteiger partial charge in [-0.1, -0.05) is 43.3 Å². The molecule has 0 aromatic heterocycles. The third kappa shape index (κ3) is 7.86. The van der Waals surface area contributed by atoms with Gasteiger partial charge >= 0.3 is 22.4 Å². The average Bonchev–Trinajstić information content (AvgIpc) is 3.22. The summed E-state index contributed by atoms with van der Waals surface area (Å²) in [6, 6.07) is 15.7. The first kappa shape index (κ1) is 31.2. The van der Waals surface area contributed by atoms with Crippen molar-refractivity contribution in [3.05, 3.63) is 58.9 Å². The molecule has 2 aromatic rings. The van der Waals surface area contributed by atoms with E-state index in [0.717, 1.165) is 63.2 Å². The molecule has 1 saturated heterocycles. The van der Waals surface area contributed by atoms with Crippen LogP contribution < -0.4 is 0 Å². The van der Waals surface area contributed by atoms with Crippen LogP contribution in [0.2, 0.25) is 0 Å². The molecule has 6 nitrogen and oxygen atoms in total. The topological polar surface area (TPSA) is 71.8 Å². The summed E-state index contributed by atoms with van der Waals surface area (Å²) in [4.78, 5) is 30.1. The number of nitrogens with zero attached hydrogens (tertiary/aromatic N) is 3. The van der Waals surface area contributed by atoms with Gasteiger partial charge in [0.05, 0.1) is 5.91 Å². The van der Waals surface area contributed by atoms with Crippen molar-refractivity contribution < 1.29 is 31.9 Å². The normalized spacial score (nSPS) is 18.9. The zero-order valence-electron chi connectivity index (χ0n) is 21.9. The Morgan fingerprint density at radius 2 is 1.82 bits per heavy atom. The van der Waals surface area contributed by atoms with Crippen molar-refractivity contribution in [3.63, 3.8) is 0 Å². The van der Waals surface area contributed by atoms with Gasteiger partial charge in [0.2, 0.25) is 0 Å². The molecule has 2 aliphatic rings. The molecule has 2 atom stereocenters. The van der Waals surface area contributed by atoms with Crippen LogP contribution in [0.15, 0.2) is 48.0 Å². The van der Waals surface area contributed by atoms with E-state index in [2.05, 4.69) is 57.6 Å². The second-order valence-corrected chi connectivity index (χ2v) is 10.5. The molecule has 38 heavy (non-hydrogen) atoms. The predicted octanol–water partition coefficient (Wildman–Crippen LogP) is 4.37. The summed E-state index contributed by atoms with van der Waals surface area (Å²) in [6.45, 7) is 5.13. The zero-order chi connectivity index (χ0) is 27.5. The number of rotatable bonds is 13. The minimum atomic E-state index is -0.111. The summed E-state index contributed by atoms with van der Waals surface area (Å²) in [6.07, 6.45) is 4.55. The molecule has 0 aliphatic carbocycles. The Hall–Kier alpha value is -1.35. The van der Waals surface area contributed by atoms with E-state index in [1.807, 2.05) is 6.92 Å². The summed E-state index contributed by atoms with van der Waals surface area (Å²) in [5.41, 5.74) is 3.47. The van der Waals surface area contributed by atoms with Crippen LogP contribution in [0.3, 0.4) is 0 Å². The maximum atomic E-state index is 13.3. The molecule has 2 bridgehead atoms. The standard InChI is InChI=1S/C29H39N3O2S2.O.Tc/c1-2-27(33)29-25(23-9-8-21-6-3-4-7-22(21)18-23)19-24-10-11-26(29)32(24)14-5-13-31(15-17-36)20-28(34)30-12-16-35;;/h3-4,6-9,18,24,26H,2,5,10-17,19-20H2,1H3,(H3,30,34,35,36);;/q;;+3/p-3/t24-,26+;;/m0../s1/i;;1+1. The Morgan fingerprint density at radius 3 is 2.53 bits per heavy atom. The van der Waals surface area contributed by atoms with E-state index in [-0.39, 0.29) is 17.7 Å². The molecule has 2 aliphatic heterocycles. The van der Waals surface area contributed by atoms with Crippen LogP contribution in [-0.4, -0.2) is 77.8 Å². The van der Waals surface area contributed by atoms with E-state index >= 15 is 0 Å². The molecule has 9 heteroatoms. The van der Waals surface area contributed by atoms with Crippen molar-refractivity contribution in [2.75, 3.05) is 44.2 Å². The second kappa shape index (κ2) is 16.0. The zero-order valence-corrected chi connectivity index (χ0v) is 25.4. The van der Waals surface area contributed by atoms with E-state index in [1.165, 1.54) is 21.9 Å².